The standard InChI is InChI=1S/C12H15N3O3/c1-12(2,18-3)8-14-10-5-4-9(7-13)6-11(10)15(16)17/h4-6,14H,8H2,1-3H3. The molecule has 0 aliphatic heterocycles. The van der Waals surface area contributed by atoms with E-state index >= 15 is 0 Å². The predicted octanol–water partition coefficient (Wildman–Crippen LogP) is 2.30. The first-order chi connectivity index (χ1) is 8.39. The molecule has 6 heteroatoms. The minimum atomic E-state index is -0.511. The average molecular weight is 249 g/mol. The molecule has 0 fully saturated rings. The highest BCUT2D eigenvalue weighted by atomic mass is 16.6. The van der Waals surface area contributed by atoms with Gasteiger partial charge in [-0.05, 0) is 26.0 Å². The van der Waals surface area contributed by atoms with Gasteiger partial charge in [0.1, 0.15) is 5.69 Å². The number of nitrogens with one attached hydrogen (secondary N) is 1. The zero-order chi connectivity index (χ0) is 13.8. The van der Waals surface area contributed by atoms with Crippen LogP contribution in [-0.4, -0.2) is 24.2 Å². The molecule has 0 amide bonds. The number of hydrogen-bond donors (Lipinski definition) is 1. The van der Waals surface area contributed by atoms with Crippen LogP contribution >= 0.6 is 0 Å². The van der Waals surface area contributed by atoms with Crippen molar-refractivity contribution >= 4 is 11.4 Å². The molecule has 1 N–H and O–H groups in total. The first kappa shape index (κ1) is 13.9. The Bertz CT molecular complexity index is 492. The number of nitro groups is 1. The second-order valence-corrected chi connectivity index (χ2v) is 4.42. The number of ether oxygens (including phenoxy) is 1. The van der Waals surface area contributed by atoms with Crippen molar-refractivity contribution in [3.63, 3.8) is 0 Å². The first-order valence-corrected chi connectivity index (χ1v) is 5.37. The predicted molar refractivity (Wildman–Crippen MR) is 67.4 cm³/mol. The average Bonchev–Trinajstić information content (AvgIpc) is 2.36. The summed E-state index contributed by atoms with van der Waals surface area (Å²) in [5.41, 5.74) is 0.102. The van der Waals surface area contributed by atoms with E-state index in [1.807, 2.05) is 19.9 Å². The van der Waals surface area contributed by atoms with Gasteiger partial charge in [-0.2, -0.15) is 5.26 Å². The molecule has 1 rings (SSSR count). The Labute approximate surface area is 105 Å². The number of methoxy groups -OCH3 is 1. The Morgan fingerprint density at radius 2 is 2.22 bits per heavy atom. The molecule has 0 bridgehead atoms. The van der Waals surface area contributed by atoms with E-state index in [4.69, 9.17) is 10.00 Å². The Balaban J connectivity index is 2.96. The van der Waals surface area contributed by atoms with Crippen molar-refractivity contribution in [2.45, 2.75) is 19.4 Å². The Kier molecular flexibility index (Phi) is 4.23. The van der Waals surface area contributed by atoms with Gasteiger partial charge in [0, 0.05) is 19.7 Å². The molecular formula is C12H15N3O3. The number of rotatable bonds is 5. The Morgan fingerprint density at radius 3 is 2.72 bits per heavy atom. The van der Waals surface area contributed by atoms with Gasteiger partial charge >= 0.3 is 0 Å². The smallest absolute Gasteiger partial charge is 0.293 e. The van der Waals surface area contributed by atoms with E-state index in [2.05, 4.69) is 5.32 Å². The lowest BCUT2D eigenvalue weighted by molar-refractivity contribution is -0.384. The molecule has 1 aromatic carbocycles. The summed E-state index contributed by atoms with van der Waals surface area (Å²) in [4.78, 5) is 10.4. The normalized spacial score (nSPS) is 10.8. The summed E-state index contributed by atoms with van der Waals surface area (Å²) >= 11 is 0. The van der Waals surface area contributed by atoms with Crippen LogP contribution in [0.2, 0.25) is 0 Å². The quantitative estimate of drug-likeness (QED) is 0.639. The van der Waals surface area contributed by atoms with Gasteiger partial charge in [-0.15, -0.1) is 0 Å². The fourth-order valence-electron chi connectivity index (χ4n) is 1.28. The van der Waals surface area contributed by atoms with Crippen LogP contribution in [0.25, 0.3) is 0 Å². The first-order valence-electron chi connectivity index (χ1n) is 5.37. The van der Waals surface area contributed by atoms with E-state index in [-0.39, 0.29) is 11.3 Å². The molecule has 0 atom stereocenters. The largest absolute Gasteiger partial charge is 0.377 e. The second-order valence-electron chi connectivity index (χ2n) is 4.42. The zero-order valence-corrected chi connectivity index (χ0v) is 10.6. The van der Waals surface area contributed by atoms with Gasteiger partial charge in [0.15, 0.2) is 0 Å². The monoisotopic (exact) mass is 249 g/mol. The van der Waals surface area contributed by atoms with Gasteiger partial charge in [-0.1, -0.05) is 0 Å². The number of nitrogens with zero attached hydrogens (tertiary/aromatic N) is 2. The van der Waals surface area contributed by atoms with Gasteiger partial charge in [-0.25, -0.2) is 0 Å². The number of nitro benzene ring substituents is 1. The van der Waals surface area contributed by atoms with Crippen LogP contribution in [0.4, 0.5) is 11.4 Å². The maximum atomic E-state index is 10.9. The van der Waals surface area contributed by atoms with Crippen molar-refractivity contribution in [2.75, 3.05) is 19.0 Å². The highest BCUT2D eigenvalue weighted by Crippen LogP contribution is 2.26. The third-order valence-corrected chi connectivity index (χ3v) is 2.58. The van der Waals surface area contributed by atoms with Crippen molar-refractivity contribution in [2.24, 2.45) is 0 Å². The minimum Gasteiger partial charge on any atom is -0.377 e. The van der Waals surface area contributed by atoms with Crippen molar-refractivity contribution < 1.29 is 9.66 Å². The minimum absolute atomic E-state index is 0.110. The third kappa shape index (κ3) is 3.43. The van der Waals surface area contributed by atoms with Crippen LogP contribution in [0.5, 0.6) is 0 Å². The van der Waals surface area contributed by atoms with Crippen LogP contribution in [0, 0.1) is 21.4 Å². The number of nitriles is 1. The Hall–Kier alpha value is -2.13. The van der Waals surface area contributed by atoms with E-state index in [9.17, 15) is 10.1 Å². The molecule has 6 nitrogen and oxygen atoms in total. The molecule has 0 spiro atoms. The van der Waals surface area contributed by atoms with Crippen molar-refractivity contribution in [1.82, 2.24) is 0 Å². The van der Waals surface area contributed by atoms with Crippen molar-refractivity contribution in [1.29, 1.82) is 5.26 Å². The maximum absolute atomic E-state index is 10.9. The summed E-state index contributed by atoms with van der Waals surface area (Å²) in [6, 6.07) is 6.20. The highest BCUT2D eigenvalue weighted by molar-refractivity contribution is 5.64. The number of hydrogen-bond acceptors (Lipinski definition) is 5. The van der Waals surface area contributed by atoms with Crippen LogP contribution in [0.3, 0.4) is 0 Å². The van der Waals surface area contributed by atoms with E-state index < -0.39 is 10.5 Å². The van der Waals surface area contributed by atoms with Gasteiger partial charge < -0.3 is 10.1 Å². The highest BCUT2D eigenvalue weighted by Gasteiger charge is 2.19. The van der Waals surface area contributed by atoms with Gasteiger partial charge in [0.25, 0.3) is 5.69 Å². The molecule has 0 heterocycles. The van der Waals surface area contributed by atoms with Crippen LogP contribution in [-0.2, 0) is 4.74 Å². The molecule has 0 aliphatic carbocycles. The van der Waals surface area contributed by atoms with Crippen LogP contribution < -0.4 is 5.32 Å². The van der Waals surface area contributed by atoms with Gasteiger partial charge in [0.2, 0.25) is 0 Å². The van der Waals surface area contributed by atoms with E-state index in [0.29, 0.717) is 12.2 Å². The Morgan fingerprint density at radius 1 is 1.56 bits per heavy atom. The third-order valence-electron chi connectivity index (χ3n) is 2.58. The molecule has 0 saturated heterocycles. The SMILES string of the molecule is COC(C)(C)CNc1ccc(C#N)cc1[N+](=O)[O-]. The molecule has 0 radical (unpaired) electrons. The zero-order valence-electron chi connectivity index (χ0n) is 10.6. The van der Waals surface area contributed by atoms with E-state index in [1.165, 1.54) is 18.2 Å². The van der Waals surface area contributed by atoms with E-state index in [0.717, 1.165) is 0 Å². The molecule has 0 unspecified atom stereocenters. The number of anilines is 1. The summed E-state index contributed by atoms with van der Waals surface area (Å²) in [6.07, 6.45) is 0. The van der Waals surface area contributed by atoms with Crippen LogP contribution in [0.15, 0.2) is 18.2 Å². The molecule has 0 aliphatic rings. The molecule has 1 aromatic rings. The lowest BCUT2D eigenvalue weighted by atomic mass is 10.1. The summed E-state index contributed by atoms with van der Waals surface area (Å²) in [6.45, 7) is 4.17. The van der Waals surface area contributed by atoms with E-state index in [1.54, 1.807) is 7.11 Å². The summed E-state index contributed by atoms with van der Waals surface area (Å²) in [5, 5.41) is 22.6. The molecule has 18 heavy (non-hydrogen) atoms. The van der Waals surface area contributed by atoms with Gasteiger partial charge in [-0.3, -0.25) is 10.1 Å². The lowest BCUT2D eigenvalue weighted by Crippen LogP contribution is -2.32. The fraction of sp³-hybridized carbons (Fsp3) is 0.417. The molecule has 0 saturated carbocycles. The molecule has 0 aromatic heterocycles. The molecular weight excluding hydrogens is 234 g/mol. The van der Waals surface area contributed by atoms with Crippen molar-refractivity contribution in [3.8, 4) is 6.07 Å². The summed E-state index contributed by atoms with van der Waals surface area (Å²) in [5.74, 6) is 0. The topological polar surface area (TPSA) is 88.2 Å². The molecule has 96 valence electrons. The van der Waals surface area contributed by atoms with Gasteiger partial charge in [0.05, 0.1) is 22.2 Å². The summed E-state index contributed by atoms with van der Waals surface area (Å²) < 4.78 is 5.22. The van der Waals surface area contributed by atoms with Crippen molar-refractivity contribution in [3.05, 3.63) is 33.9 Å². The maximum Gasteiger partial charge on any atom is 0.293 e. The second kappa shape index (κ2) is 5.47. The van der Waals surface area contributed by atoms with Crippen LogP contribution in [0.1, 0.15) is 19.4 Å². The fourth-order valence-corrected chi connectivity index (χ4v) is 1.28. The summed E-state index contributed by atoms with van der Waals surface area (Å²) in [7, 11) is 1.58. The number of benzene rings is 1. The lowest BCUT2D eigenvalue weighted by Gasteiger charge is -2.23.